The van der Waals surface area contributed by atoms with Gasteiger partial charge in [0.1, 0.15) is 11.8 Å². The molecule has 2 aromatic carbocycles. The molecule has 2 unspecified atom stereocenters. The average molecular weight is 366 g/mol. The molecule has 0 aromatic heterocycles. The van der Waals surface area contributed by atoms with Crippen LogP contribution < -0.4 is 10.6 Å². The summed E-state index contributed by atoms with van der Waals surface area (Å²) in [6.45, 7) is 7.25. The van der Waals surface area contributed by atoms with Crippen molar-refractivity contribution in [1.29, 1.82) is 0 Å². The van der Waals surface area contributed by atoms with Crippen LogP contribution in [-0.4, -0.2) is 29.0 Å². The lowest BCUT2D eigenvalue weighted by Gasteiger charge is -2.24. The normalized spacial score (nSPS) is 12.7. The number of phenolic OH excluding ortho intramolecular Hbond substituents is 1. The zero-order valence-electron chi connectivity index (χ0n) is 15.7. The predicted molar refractivity (Wildman–Crippen MR) is 106 cm³/mol. The maximum absolute atomic E-state index is 12.8. The first-order chi connectivity index (χ1) is 12.8. The fraction of sp³-hybridized carbons (Fsp3) is 0.273. The van der Waals surface area contributed by atoms with Crippen molar-refractivity contribution < 1.29 is 14.7 Å². The summed E-state index contributed by atoms with van der Waals surface area (Å²) in [5, 5.41) is 15.1. The van der Waals surface area contributed by atoms with E-state index in [-0.39, 0.29) is 23.6 Å². The Morgan fingerprint density at radius 3 is 2.00 bits per heavy atom. The number of hydrogen-bond donors (Lipinski definition) is 3. The van der Waals surface area contributed by atoms with Gasteiger partial charge in [-0.3, -0.25) is 9.59 Å². The van der Waals surface area contributed by atoms with Gasteiger partial charge < -0.3 is 15.7 Å². The monoisotopic (exact) mass is 366 g/mol. The van der Waals surface area contributed by atoms with Gasteiger partial charge in [0.2, 0.25) is 11.8 Å². The van der Waals surface area contributed by atoms with Crippen molar-refractivity contribution in [1.82, 2.24) is 10.6 Å². The van der Waals surface area contributed by atoms with Crippen molar-refractivity contribution >= 4 is 11.8 Å². The summed E-state index contributed by atoms with van der Waals surface area (Å²) in [7, 11) is 0. The summed E-state index contributed by atoms with van der Waals surface area (Å²) in [6, 6.07) is 15.5. The van der Waals surface area contributed by atoms with E-state index in [1.807, 2.05) is 37.3 Å². The largest absolute Gasteiger partial charge is 0.508 e. The van der Waals surface area contributed by atoms with Crippen molar-refractivity contribution in [2.45, 2.75) is 38.8 Å². The smallest absolute Gasteiger partial charge is 0.243 e. The van der Waals surface area contributed by atoms with Crippen LogP contribution in [0.2, 0.25) is 0 Å². The molecule has 0 aliphatic heterocycles. The Morgan fingerprint density at radius 2 is 1.44 bits per heavy atom. The number of phenols is 1. The first-order valence-electron chi connectivity index (χ1n) is 8.90. The summed E-state index contributed by atoms with van der Waals surface area (Å²) < 4.78 is 0. The second kappa shape index (κ2) is 9.57. The van der Waals surface area contributed by atoms with E-state index in [0.717, 1.165) is 16.7 Å². The Morgan fingerprint density at radius 1 is 0.889 bits per heavy atom. The molecule has 0 aliphatic carbocycles. The molecule has 5 nitrogen and oxygen atoms in total. The number of nitrogens with one attached hydrogen (secondary N) is 2. The van der Waals surface area contributed by atoms with E-state index in [2.05, 4.69) is 17.2 Å². The second-order valence-electron chi connectivity index (χ2n) is 6.72. The van der Waals surface area contributed by atoms with Crippen molar-refractivity contribution in [3.8, 4) is 5.75 Å². The maximum Gasteiger partial charge on any atom is 0.243 e. The van der Waals surface area contributed by atoms with Gasteiger partial charge in [0.25, 0.3) is 0 Å². The van der Waals surface area contributed by atoms with Crippen LogP contribution in [0.4, 0.5) is 0 Å². The highest BCUT2D eigenvalue weighted by atomic mass is 16.3. The Kier molecular flexibility index (Phi) is 7.17. The van der Waals surface area contributed by atoms with Gasteiger partial charge in [-0.05, 0) is 36.6 Å². The van der Waals surface area contributed by atoms with Crippen LogP contribution in [0.5, 0.6) is 5.75 Å². The standard InChI is InChI=1S/C22H26N2O3/c1-15(2)20(13-17-7-5-4-6-8-17)24-22(27)21(23-16(3)25)14-18-9-11-19(26)12-10-18/h4-12,20-21,26H,1,13-14H2,2-3H3,(H,23,25)(H,24,27). The molecule has 0 fully saturated rings. The fourth-order valence-electron chi connectivity index (χ4n) is 2.79. The first kappa shape index (κ1) is 20.2. The second-order valence-corrected chi connectivity index (χ2v) is 6.72. The third kappa shape index (κ3) is 6.62. The molecule has 0 heterocycles. The summed E-state index contributed by atoms with van der Waals surface area (Å²) >= 11 is 0. The summed E-state index contributed by atoms with van der Waals surface area (Å²) in [5.74, 6) is -0.379. The van der Waals surface area contributed by atoms with E-state index in [9.17, 15) is 14.7 Å². The van der Waals surface area contributed by atoms with Crippen molar-refractivity contribution in [3.05, 3.63) is 77.9 Å². The molecule has 2 aromatic rings. The Hall–Kier alpha value is -3.08. The van der Waals surface area contributed by atoms with Gasteiger partial charge in [0.15, 0.2) is 0 Å². The van der Waals surface area contributed by atoms with Gasteiger partial charge in [0.05, 0.1) is 6.04 Å². The van der Waals surface area contributed by atoms with Crippen molar-refractivity contribution in [2.75, 3.05) is 0 Å². The van der Waals surface area contributed by atoms with Crippen molar-refractivity contribution in [3.63, 3.8) is 0 Å². The number of carbonyl (C=O) groups is 2. The SMILES string of the molecule is C=C(C)C(Cc1ccccc1)NC(=O)C(Cc1ccc(O)cc1)NC(C)=O. The van der Waals surface area contributed by atoms with Crippen LogP contribution >= 0.6 is 0 Å². The number of aromatic hydroxyl groups is 1. The van der Waals surface area contributed by atoms with Crippen LogP contribution in [0.25, 0.3) is 0 Å². The molecule has 2 rings (SSSR count). The zero-order chi connectivity index (χ0) is 19.8. The first-order valence-corrected chi connectivity index (χ1v) is 8.90. The average Bonchev–Trinajstić information content (AvgIpc) is 2.62. The minimum atomic E-state index is -0.704. The number of amides is 2. The van der Waals surface area contributed by atoms with Crippen LogP contribution in [0.1, 0.15) is 25.0 Å². The predicted octanol–water partition coefficient (Wildman–Crippen LogP) is 2.74. The zero-order valence-corrected chi connectivity index (χ0v) is 15.7. The molecule has 0 saturated carbocycles. The van der Waals surface area contributed by atoms with Crippen LogP contribution in [-0.2, 0) is 22.4 Å². The van der Waals surface area contributed by atoms with E-state index in [1.54, 1.807) is 24.3 Å². The Balaban J connectivity index is 2.10. The quantitative estimate of drug-likeness (QED) is 0.629. The van der Waals surface area contributed by atoms with E-state index >= 15 is 0 Å². The van der Waals surface area contributed by atoms with E-state index in [1.165, 1.54) is 6.92 Å². The number of carbonyl (C=O) groups excluding carboxylic acids is 2. The van der Waals surface area contributed by atoms with Gasteiger partial charge in [-0.2, -0.15) is 0 Å². The summed E-state index contributed by atoms with van der Waals surface area (Å²) in [4.78, 5) is 24.4. The van der Waals surface area contributed by atoms with Gasteiger partial charge in [0, 0.05) is 13.3 Å². The molecule has 27 heavy (non-hydrogen) atoms. The third-order valence-corrected chi connectivity index (χ3v) is 4.26. The fourth-order valence-corrected chi connectivity index (χ4v) is 2.79. The van der Waals surface area contributed by atoms with E-state index < -0.39 is 6.04 Å². The lowest BCUT2D eigenvalue weighted by atomic mass is 9.99. The molecule has 0 spiro atoms. The van der Waals surface area contributed by atoms with Gasteiger partial charge in [-0.15, -0.1) is 0 Å². The van der Waals surface area contributed by atoms with Gasteiger partial charge in [-0.25, -0.2) is 0 Å². The lowest BCUT2D eigenvalue weighted by Crippen LogP contribution is -2.50. The van der Waals surface area contributed by atoms with Gasteiger partial charge in [-0.1, -0.05) is 54.6 Å². The highest BCUT2D eigenvalue weighted by molar-refractivity contribution is 5.87. The van der Waals surface area contributed by atoms with Gasteiger partial charge >= 0.3 is 0 Å². The van der Waals surface area contributed by atoms with Crippen LogP contribution in [0.15, 0.2) is 66.7 Å². The summed E-state index contributed by atoms with van der Waals surface area (Å²) in [6.07, 6.45) is 0.966. The molecule has 142 valence electrons. The lowest BCUT2D eigenvalue weighted by molar-refractivity contribution is -0.128. The van der Waals surface area contributed by atoms with Crippen LogP contribution in [0, 0.1) is 0 Å². The van der Waals surface area contributed by atoms with Crippen LogP contribution in [0.3, 0.4) is 0 Å². The Labute approximate surface area is 160 Å². The summed E-state index contributed by atoms with van der Waals surface area (Å²) in [5.41, 5.74) is 2.79. The maximum atomic E-state index is 12.8. The molecule has 0 saturated heterocycles. The molecule has 3 N–H and O–H groups in total. The highest BCUT2D eigenvalue weighted by Crippen LogP contribution is 2.13. The molecule has 0 radical (unpaired) electrons. The highest BCUT2D eigenvalue weighted by Gasteiger charge is 2.23. The molecule has 2 atom stereocenters. The Bertz CT molecular complexity index is 785. The van der Waals surface area contributed by atoms with E-state index in [0.29, 0.717) is 12.8 Å². The minimum absolute atomic E-state index is 0.157. The molecule has 5 heteroatoms. The number of benzene rings is 2. The third-order valence-electron chi connectivity index (χ3n) is 4.26. The topological polar surface area (TPSA) is 78.4 Å². The number of hydrogen-bond acceptors (Lipinski definition) is 3. The molecule has 0 aliphatic rings. The van der Waals surface area contributed by atoms with E-state index in [4.69, 9.17) is 0 Å². The number of rotatable bonds is 8. The van der Waals surface area contributed by atoms with Crippen molar-refractivity contribution in [2.24, 2.45) is 0 Å². The molecular weight excluding hydrogens is 340 g/mol. The molecular formula is C22H26N2O3. The molecule has 2 amide bonds. The molecule has 0 bridgehead atoms. The minimum Gasteiger partial charge on any atom is -0.508 e.